The minimum absolute atomic E-state index is 0.0403. The molecule has 0 atom stereocenters. The lowest BCUT2D eigenvalue weighted by atomic mass is 9.92. The van der Waals surface area contributed by atoms with Gasteiger partial charge in [0.25, 0.3) is 11.5 Å². The topological polar surface area (TPSA) is 73.5 Å². The quantitative estimate of drug-likeness (QED) is 0.736. The Labute approximate surface area is 162 Å². The van der Waals surface area contributed by atoms with E-state index in [1.54, 1.807) is 29.0 Å². The molecular formula is C22H22N2O4. The average molecular weight is 378 g/mol. The summed E-state index contributed by atoms with van der Waals surface area (Å²) in [6, 6.07) is 12.7. The number of rotatable bonds is 5. The monoisotopic (exact) mass is 378 g/mol. The molecule has 1 aliphatic rings. The van der Waals surface area contributed by atoms with Gasteiger partial charge in [0.1, 0.15) is 17.1 Å². The number of carbonyl (C=O) groups is 1. The molecule has 0 unspecified atom stereocenters. The van der Waals surface area contributed by atoms with Crippen LogP contribution in [0.15, 0.2) is 57.9 Å². The molecule has 3 aromatic rings. The molecule has 1 aliphatic carbocycles. The highest BCUT2D eigenvalue weighted by Gasteiger charge is 2.28. The van der Waals surface area contributed by atoms with E-state index >= 15 is 0 Å². The number of furan rings is 1. The van der Waals surface area contributed by atoms with Crippen molar-refractivity contribution in [3.05, 3.63) is 81.7 Å². The molecule has 6 heteroatoms. The normalized spacial score (nSPS) is 13.0. The van der Waals surface area contributed by atoms with E-state index in [9.17, 15) is 9.59 Å². The number of carbonyl (C=O) groups excluding carboxylic acids is 1. The largest absolute Gasteiger partial charge is 0.495 e. The lowest BCUT2D eigenvalue weighted by molar-refractivity contribution is 0.102. The van der Waals surface area contributed by atoms with E-state index in [1.807, 2.05) is 24.3 Å². The Kier molecular flexibility index (Phi) is 5.02. The zero-order valence-electron chi connectivity index (χ0n) is 15.7. The number of hydrogen-bond acceptors (Lipinski definition) is 4. The number of nitrogens with one attached hydrogen (secondary N) is 1. The Bertz CT molecular complexity index is 1040. The molecule has 0 radical (unpaired) electrons. The van der Waals surface area contributed by atoms with Crippen LogP contribution in [0.4, 0.5) is 5.69 Å². The molecule has 0 bridgehead atoms. The highest BCUT2D eigenvalue weighted by Crippen LogP contribution is 2.31. The molecule has 0 aliphatic heterocycles. The van der Waals surface area contributed by atoms with Gasteiger partial charge in [-0.3, -0.25) is 9.59 Å². The number of nitrogens with zero attached hydrogens (tertiary/aromatic N) is 1. The van der Waals surface area contributed by atoms with E-state index in [1.165, 1.54) is 7.11 Å². The van der Waals surface area contributed by atoms with Gasteiger partial charge < -0.3 is 19.0 Å². The van der Waals surface area contributed by atoms with E-state index in [2.05, 4.69) is 5.32 Å². The van der Waals surface area contributed by atoms with E-state index in [-0.39, 0.29) is 11.1 Å². The molecule has 0 spiro atoms. The molecule has 2 aromatic heterocycles. The SMILES string of the molecule is COc1c2c(n(Cc3ccco3)c(=O)c1C(=O)Nc1ccccc1)CCCC2. The molecule has 4 rings (SSSR count). The van der Waals surface area contributed by atoms with Crippen molar-refractivity contribution in [3.63, 3.8) is 0 Å². The van der Waals surface area contributed by atoms with Gasteiger partial charge in [-0.2, -0.15) is 0 Å². The maximum absolute atomic E-state index is 13.4. The average Bonchev–Trinajstić information content (AvgIpc) is 3.23. The summed E-state index contributed by atoms with van der Waals surface area (Å²) >= 11 is 0. The van der Waals surface area contributed by atoms with Crippen molar-refractivity contribution < 1.29 is 13.9 Å². The second kappa shape index (κ2) is 7.76. The number of fused-ring (bicyclic) bond motifs is 1. The Morgan fingerprint density at radius 3 is 2.64 bits per heavy atom. The summed E-state index contributed by atoms with van der Waals surface area (Å²) in [4.78, 5) is 26.4. The number of amides is 1. The Morgan fingerprint density at radius 2 is 1.93 bits per heavy atom. The van der Waals surface area contributed by atoms with E-state index in [0.29, 0.717) is 23.7 Å². The third-order valence-corrected chi connectivity index (χ3v) is 5.08. The molecule has 0 saturated carbocycles. The van der Waals surface area contributed by atoms with E-state index in [4.69, 9.17) is 9.15 Å². The van der Waals surface area contributed by atoms with Gasteiger partial charge in [0.05, 0.1) is 19.9 Å². The van der Waals surface area contributed by atoms with Crippen LogP contribution in [0.2, 0.25) is 0 Å². The van der Waals surface area contributed by atoms with Crippen molar-refractivity contribution in [2.24, 2.45) is 0 Å². The molecule has 1 N–H and O–H groups in total. The van der Waals surface area contributed by atoms with E-state index in [0.717, 1.165) is 36.9 Å². The number of ether oxygens (including phenoxy) is 1. The van der Waals surface area contributed by atoms with Crippen molar-refractivity contribution in [3.8, 4) is 5.75 Å². The molecule has 144 valence electrons. The first kappa shape index (κ1) is 18.1. The minimum Gasteiger partial charge on any atom is -0.495 e. The number of methoxy groups -OCH3 is 1. The Balaban J connectivity index is 1.84. The molecule has 6 nitrogen and oxygen atoms in total. The van der Waals surface area contributed by atoms with Crippen LogP contribution in [0.1, 0.15) is 40.2 Å². The molecule has 0 fully saturated rings. The third kappa shape index (κ3) is 3.33. The van der Waals surface area contributed by atoms with Crippen molar-refractivity contribution in [2.75, 3.05) is 12.4 Å². The van der Waals surface area contributed by atoms with Crippen LogP contribution in [-0.2, 0) is 19.4 Å². The van der Waals surface area contributed by atoms with Gasteiger partial charge in [0.2, 0.25) is 0 Å². The van der Waals surface area contributed by atoms with E-state index < -0.39 is 5.91 Å². The molecular weight excluding hydrogens is 356 g/mol. The number of hydrogen-bond donors (Lipinski definition) is 1. The smallest absolute Gasteiger partial charge is 0.267 e. The fourth-order valence-electron chi connectivity index (χ4n) is 3.80. The zero-order chi connectivity index (χ0) is 19.5. The van der Waals surface area contributed by atoms with Crippen molar-refractivity contribution in [2.45, 2.75) is 32.2 Å². The summed E-state index contributed by atoms with van der Waals surface area (Å²) in [5, 5.41) is 2.81. The lowest BCUT2D eigenvalue weighted by Crippen LogP contribution is -2.34. The van der Waals surface area contributed by atoms with Crippen LogP contribution in [0.5, 0.6) is 5.75 Å². The van der Waals surface area contributed by atoms with Gasteiger partial charge in [-0.1, -0.05) is 18.2 Å². The van der Waals surface area contributed by atoms with Gasteiger partial charge in [0, 0.05) is 16.9 Å². The molecule has 28 heavy (non-hydrogen) atoms. The van der Waals surface area contributed by atoms with Gasteiger partial charge in [-0.15, -0.1) is 0 Å². The lowest BCUT2D eigenvalue weighted by Gasteiger charge is -2.25. The number of pyridine rings is 1. The van der Waals surface area contributed by atoms with Gasteiger partial charge >= 0.3 is 0 Å². The zero-order valence-corrected chi connectivity index (χ0v) is 15.7. The number of benzene rings is 1. The predicted octanol–water partition coefficient (Wildman–Crippen LogP) is 3.63. The molecule has 2 heterocycles. The Hall–Kier alpha value is -3.28. The summed E-state index contributed by atoms with van der Waals surface area (Å²) in [5.41, 5.74) is 2.18. The number of aromatic nitrogens is 1. The molecule has 0 saturated heterocycles. The molecule has 1 amide bonds. The minimum atomic E-state index is -0.463. The highest BCUT2D eigenvalue weighted by atomic mass is 16.5. The Morgan fingerprint density at radius 1 is 1.14 bits per heavy atom. The molecule has 1 aromatic carbocycles. The highest BCUT2D eigenvalue weighted by molar-refractivity contribution is 6.06. The van der Waals surface area contributed by atoms with Crippen LogP contribution in [0.25, 0.3) is 0 Å². The van der Waals surface area contributed by atoms with Gasteiger partial charge in [0.15, 0.2) is 0 Å². The van der Waals surface area contributed by atoms with Gasteiger partial charge in [-0.05, 0) is 49.9 Å². The van der Waals surface area contributed by atoms with Crippen LogP contribution in [0, 0.1) is 0 Å². The third-order valence-electron chi connectivity index (χ3n) is 5.08. The number of para-hydroxylation sites is 1. The van der Waals surface area contributed by atoms with Crippen molar-refractivity contribution in [1.82, 2.24) is 4.57 Å². The van der Waals surface area contributed by atoms with Gasteiger partial charge in [-0.25, -0.2) is 0 Å². The first-order chi connectivity index (χ1) is 13.7. The summed E-state index contributed by atoms with van der Waals surface area (Å²) in [5.74, 6) is 0.605. The number of anilines is 1. The fourth-order valence-corrected chi connectivity index (χ4v) is 3.80. The van der Waals surface area contributed by atoms with Crippen molar-refractivity contribution >= 4 is 11.6 Å². The van der Waals surface area contributed by atoms with Crippen LogP contribution < -0.4 is 15.6 Å². The maximum atomic E-state index is 13.4. The van der Waals surface area contributed by atoms with Crippen molar-refractivity contribution in [1.29, 1.82) is 0 Å². The maximum Gasteiger partial charge on any atom is 0.267 e. The summed E-state index contributed by atoms with van der Waals surface area (Å²) in [7, 11) is 1.51. The van der Waals surface area contributed by atoms with Crippen LogP contribution >= 0.6 is 0 Å². The fraction of sp³-hybridized carbons (Fsp3) is 0.273. The summed E-state index contributed by atoms with van der Waals surface area (Å²) in [6.45, 7) is 0.295. The van der Waals surface area contributed by atoms with Crippen LogP contribution in [0.3, 0.4) is 0 Å². The predicted molar refractivity (Wildman–Crippen MR) is 106 cm³/mol. The summed E-state index contributed by atoms with van der Waals surface area (Å²) < 4.78 is 12.7. The first-order valence-corrected chi connectivity index (χ1v) is 9.40. The van der Waals surface area contributed by atoms with Crippen LogP contribution in [-0.4, -0.2) is 17.6 Å². The second-order valence-electron chi connectivity index (χ2n) is 6.83. The first-order valence-electron chi connectivity index (χ1n) is 9.40. The standard InChI is InChI=1S/C22H22N2O4/c1-27-20-17-11-5-6-12-18(17)24(14-16-10-7-13-28-16)22(26)19(20)21(25)23-15-8-3-2-4-9-15/h2-4,7-10,13H,5-6,11-12,14H2,1H3,(H,23,25). The summed E-state index contributed by atoms with van der Waals surface area (Å²) in [6.07, 6.45) is 5.15. The second-order valence-corrected chi connectivity index (χ2v) is 6.83.